The van der Waals surface area contributed by atoms with Crippen LogP contribution < -0.4 is 4.74 Å². The smallest absolute Gasteiger partial charge is 0.122 e. The Hall–Kier alpha value is -1.29. The zero-order valence-corrected chi connectivity index (χ0v) is 13.2. The minimum Gasteiger partial charge on any atom is -0.496 e. The summed E-state index contributed by atoms with van der Waals surface area (Å²) in [6.45, 7) is 2.15. The van der Waals surface area contributed by atoms with Crippen LogP contribution in [0.25, 0.3) is 0 Å². The van der Waals surface area contributed by atoms with E-state index in [1.807, 2.05) is 17.9 Å². The summed E-state index contributed by atoms with van der Waals surface area (Å²) >= 11 is 3.56. The van der Waals surface area contributed by atoms with Crippen molar-refractivity contribution < 1.29 is 4.74 Å². The maximum atomic E-state index is 5.35. The molecular weight excluding hydrogens is 304 g/mol. The molecule has 102 valence electrons. The monoisotopic (exact) mass is 322 g/mol. The molecule has 1 aromatic heterocycles. The summed E-state index contributed by atoms with van der Waals surface area (Å²) in [5.74, 6) is 0.977. The second-order valence-corrected chi connectivity index (χ2v) is 5.34. The molecule has 0 bridgehead atoms. The SMILES string of the molecule is CCc1cc(CCc2ncn(C)c2Br)ccc1OC. The molecule has 0 unspecified atom stereocenters. The first-order valence-electron chi connectivity index (χ1n) is 6.47. The third-order valence-corrected chi connectivity index (χ3v) is 4.33. The Morgan fingerprint density at radius 3 is 2.68 bits per heavy atom. The van der Waals surface area contributed by atoms with Crippen LogP contribution in [0.4, 0.5) is 0 Å². The van der Waals surface area contributed by atoms with Crippen molar-refractivity contribution >= 4 is 15.9 Å². The first-order chi connectivity index (χ1) is 9.15. The molecule has 0 saturated heterocycles. The number of benzene rings is 1. The Morgan fingerprint density at radius 1 is 1.32 bits per heavy atom. The molecule has 0 aliphatic heterocycles. The van der Waals surface area contributed by atoms with E-state index < -0.39 is 0 Å². The van der Waals surface area contributed by atoms with E-state index in [9.17, 15) is 0 Å². The van der Waals surface area contributed by atoms with Gasteiger partial charge in [-0.25, -0.2) is 4.98 Å². The summed E-state index contributed by atoms with van der Waals surface area (Å²) in [5, 5.41) is 0. The van der Waals surface area contributed by atoms with Crippen molar-refractivity contribution in [2.24, 2.45) is 7.05 Å². The number of hydrogen-bond donors (Lipinski definition) is 0. The third-order valence-electron chi connectivity index (χ3n) is 3.31. The second-order valence-electron chi connectivity index (χ2n) is 4.59. The molecule has 0 saturated carbocycles. The van der Waals surface area contributed by atoms with Gasteiger partial charge in [-0.2, -0.15) is 0 Å². The molecule has 2 rings (SSSR count). The normalized spacial score (nSPS) is 10.7. The predicted octanol–water partition coefficient (Wildman–Crippen LogP) is 3.54. The highest BCUT2D eigenvalue weighted by Crippen LogP contribution is 2.22. The lowest BCUT2D eigenvalue weighted by Crippen LogP contribution is -1.96. The van der Waals surface area contributed by atoms with E-state index >= 15 is 0 Å². The number of rotatable bonds is 5. The fourth-order valence-electron chi connectivity index (χ4n) is 2.16. The van der Waals surface area contributed by atoms with E-state index in [4.69, 9.17) is 4.74 Å². The quantitative estimate of drug-likeness (QED) is 0.841. The summed E-state index contributed by atoms with van der Waals surface area (Å²) in [6, 6.07) is 6.42. The molecule has 0 spiro atoms. The average molecular weight is 323 g/mol. The van der Waals surface area contributed by atoms with Gasteiger partial charge in [0.15, 0.2) is 0 Å². The molecule has 3 nitrogen and oxygen atoms in total. The van der Waals surface area contributed by atoms with Crippen LogP contribution in [0.3, 0.4) is 0 Å². The van der Waals surface area contributed by atoms with Crippen LogP contribution in [0, 0.1) is 0 Å². The number of imidazole rings is 1. The van der Waals surface area contributed by atoms with Gasteiger partial charge in [0.2, 0.25) is 0 Å². The van der Waals surface area contributed by atoms with E-state index in [2.05, 4.69) is 46.0 Å². The van der Waals surface area contributed by atoms with Crippen molar-refractivity contribution in [1.29, 1.82) is 0 Å². The fourth-order valence-corrected chi connectivity index (χ4v) is 2.55. The van der Waals surface area contributed by atoms with Crippen molar-refractivity contribution in [2.45, 2.75) is 26.2 Å². The van der Waals surface area contributed by atoms with Gasteiger partial charge >= 0.3 is 0 Å². The average Bonchev–Trinajstić information content (AvgIpc) is 2.76. The second kappa shape index (κ2) is 6.24. The molecule has 0 aliphatic carbocycles. The molecule has 0 N–H and O–H groups in total. The Bertz CT molecular complexity index is 563. The molecular formula is C15H19BrN2O. The van der Waals surface area contributed by atoms with Gasteiger partial charge in [0.25, 0.3) is 0 Å². The van der Waals surface area contributed by atoms with Gasteiger partial charge in [0, 0.05) is 7.05 Å². The molecule has 0 amide bonds. The van der Waals surface area contributed by atoms with Gasteiger partial charge in [-0.1, -0.05) is 19.1 Å². The Morgan fingerprint density at radius 2 is 2.11 bits per heavy atom. The van der Waals surface area contributed by atoms with Gasteiger partial charge in [-0.15, -0.1) is 0 Å². The third kappa shape index (κ3) is 3.18. The van der Waals surface area contributed by atoms with Crippen LogP contribution >= 0.6 is 15.9 Å². The highest BCUT2D eigenvalue weighted by atomic mass is 79.9. The van der Waals surface area contributed by atoms with Crippen molar-refractivity contribution in [2.75, 3.05) is 7.11 Å². The van der Waals surface area contributed by atoms with Gasteiger partial charge < -0.3 is 9.30 Å². The Labute approximate surface area is 122 Å². The fraction of sp³-hybridized carbons (Fsp3) is 0.400. The van der Waals surface area contributed by atoms with Crippen LogP contribution in [-0.4, -0.2) is 16.7 Å². The summed E-state index contributed by atoms with van der Waals surface area (Å²) in [4.78, 5) is 4.40. The molecule has 0 fully saturated rings. The minimum atomic E-state index is 0.941. The zero-order chi connectivity index (χ0) is 13.8. The lowest BCUT2D eigenvalue weighted by atomic mass is 10.0. The number of methoxy groups -OCH3 is 1. The lowest BCUT2D eigenvalue weighted by molar-refractivity contribution is 0.410. The molecule has 0 atom stereocenters. The molecule has 19 heavy (non-hydrogen) atoms. The highest BCUT2D eigenvalue weighted by Gasteiger charge is 2.07. The highest BCUT2D eigenvalue weighted by molar-refractivity contribution is 9.10. The van der Waals surface area contributed by atoms with E-state index in [0.717, 1.165) is 35.3 Å². The van der Waals surface area contributed by atoms with E-state index in [-0.39, 0.29) is 0 Å². The molecule has 4 heteroatoms. The Balaban J connectivity index is 2.09. The van der Waals surface area contributed by atoms with Gasteiger partial charge in [0.05, 0.1) is 19.1 Å². The summed E-state index contributed by atoms with van der Waals surface area (Å²) in [5.41, 5.74) is 3.70. The van der Waals surface area contributed by atoms with Crippen LogP contribution in [-0.2, 0) is 26.3 Å². The number of ether oxygens (including phenoxy) is 1. The summed E-state index contributed by atoms with van der Waals surface area (Å²) < 4.78 is 8.41. The van der Waals surface area contributed by atoms with E-state index in [1.165, 1.54) is 11.1 Å². The lowest BCUT2D eigenvalue weighted by Gasteiger charge is -2.09. The number of nitrogens with zero attached hydrogens (tertiary/aromatic N) is 2. The molecule has 1 heterocycles. The summed E-state index contributed by atoms with van der Waals surface area (Å²) in [7, 11) is 3.71. The standard InChI is InChI=1S/C15H19BrN2O/c1-4-12-9-11(6-8-14(12)19-3)5-7-13-15(16)18(2)10-17-13/h6,8-10H,4-5,7H2,1-3H3. The van der Waals surface area contributed by atoms with E-state index in [1.54, 1.807) is 7.11 Å². The number of hydrogen-bond acceptors (Lipinski definition) is 2. The van der Waals surface area contributed by atoms with Gasteiger partial charge in [-0.3, -0.25) is 0 Å². The van der Waals surface area contributed by atoms with E-state index in [0.29, 0.717) is 0 Å². The number of aryl methyl sites for hydroxylation is 4. The number of halogens is 1. The topological polar surface area (TPSA) is 27.1 Å². The Kier molecular flexibility index (Phi) is 4.64. The first kappa shape index (κ1) is 14.1. The zero-order valence-electron chi connectivity index (χ0n) is 11.6. The molecule has 2 aromatic rings. The largest absolute Gasteiger partial charge is 0.496 e. The maximum Gasteiger partial charge on any atom is 0.122 e. The minimum absolute atomic E-state index is 0.941. The van der Waals surface area contributed by atoms with Gasteiger partial charge in [-0.05, 0) is 52.4 Å². The maximum absolute atomic E-state index is 5.35. The predicted molar refractivity (Wildman–Crippen MR) is 80.7 cm³/mol. The van der Waals surface area contributed by atoms with Crippen LogP contribution in [0.15, 0.2) is 29.1 Å². The first-order valence-corrected chi connectivity index (χ1v) is 7.26. The summed E-state index contributed by atoms with van der Waals surface area (Å²) in [6.07, 6.45) is 4.76. The van der Waals surface area contributed by atoms with Crippen molar-refractivity contribution in [3.05, 3.63) is 46.0 Å². The molecule has 0 aliphatic rings. The molecule has 0 radical (unpaired) electrons. The van der Waals surface area contributed by atoms with Crippen molar-refractivity contribution in [1.82, 2.24) is 9.55 Å². The van der Waals surface area contributed by atoms with Crippen LogP contribution in [0.1, 0.15) is 23.7 Å². The van der Waals surface area contributed by atoms with Crippen molar-refractivity contribution in [3.63, 3.8) is 0 Å². The van der Waals surface area contributed by atoms with Crippen LogP contribution in [0.5, 0.6) is 5.75 Å². The van der Waals surface area contributed by atoms with Crippen molar-refractivity contribution in [3.8, 4) is 5.75 Å². The van der Waals surface area contributed by atoms with Gasteiger partial charge in [0.1, 0.15) is 10.4 Å². The number of aromatic nitrogens is 2. The van der Waals surface area contributed by atoms with Crippen LogP contribution in [0.2, 0.25) is 0 Å². The molecule has 1 aromatic carbocycles.